The van der Waals surface area contributed by atoms with Gasteiger partial charge in [-0.1, -0.05) is 18.2 Å². The van der Waals surface area contributed by atoms with E-state index in [9.17, 15) is 27.8 Å². The van der Waals surface area contributed by atoms with Crippen LogP contribution < -0.4 is 9.80 Å². The molecule has 1 fully saturated rings. The number of tetrazole rings is 1. The van der Waals surface area contributed by atoms with Crippen molar-refractivity contribution in [3.05, 3.63) is 114 Å². The van der Waals surface area contributed by atoms with Crippen LogP contribution in [0.3, 0.4) is 0 Å². The lowest BCUT2D eigenvalue weighted by Gasteiger charge is -2.37. The number of benzene rings is 2. The number of aliphatic hydroxyl groups is 2. The first-order chi connectivity index (χ1) is 23.3. The highest BCUT2D eigenvalue weighted by atomic mass is 19.3. The van der Waals surface area contributed by atoms with Crippen LogP contribution in [0.25, 0.3) is 11.1 Å². The van der Waals surface area contributed by atoms with Gasteiger partial charge < -0.3 is 20.0 Å². The van der Waals surface area contributed by atoms with Gasteiger partial charge in [0, 0.05) is 55.3 Å². The van der Waals surface area contributed by atoms with Gasteiger partial charge in [-0.2, -0.15) is 17.6 Å². The Morgan fingerprint density at radius 2 is 1.39 bits per heavy atom. The summed E-state index contributed by atoms with van der Waals surface area (Å²) in [5, 5.41) is 31.0. The van der Waals surface area contributed by atoms with E-state index in [4.69, 9.17) is 0 Å². The Labute approximate surface area is 276 Å². The Morgan fingerprint density at radius 1 is 0.776 bits per heavy atom. The maximum atomic E-state index is 16.1. The molecule has 2 aromatic carbocycles. The van der Waals surface area contributed by atoms with Crippen molar-refractivity contribution in [1.82, 2.24) is 30.2 Å². The van der Waals surface area contributed by atoms with Crippen LogP contribution in [0.15, 0.2) is 85.5 Å². The molecule has 16 heteroatoms. The molecule has 0 aliphatic carbocycles. The van der Waals surface area contributed by atoms with Gasteiger partial charge in [0.15, 0.2) is 5.60 Å². The lowest BCUT2D eigenvalue weighted by atomic mass is 9.84. The molecule has 49 heavy (non-hydrogen) atoms. The van der Waals surface area contributed by atoms with Crippen LogP contribution in [0.1, 0.15) is 23.9 Å². The number of hydrogen-bond donors (Lipinski definition) is 2. The predicted molar refractivity (Wildman–Crippen MR) is 166 cm³/mol. The Morgan fingerprint density at radius 3 is 1.94 bits per heavy atom. The molecule has 2 N–H and O–H groups in total. The highest BCUT2D eigenvalue weighted by Gasteiger charge is 2.58. The third-order valence-corrected chi connectivity index (χ3v) is 8.59. The minimum Gasteiger partial charge on any atom is -0.387 e. The molecule has 0 spiro atoms. The number of pyridine rings is 2. The third-order valence-electron chi connectivity index (χ3n) is 8.59. The van der Waals surface area contributed by atoms with Crippen LogP contribution >= 0.6 is 0 Å². The molecule has 256 valence electrons. The van der Waals surface area contributed by atoms with Gasteiger partial charge in [0.2, 0.25) is 0 Å². The first kappa shape index (κ1) is 33.8. The standard InChI is InChI=1S/C33H30F6N8O2/c1-21(48)32(36,37)29-11-8-26(18-41-29)46-14-12-45(13-15-46)25-6-2-22(3-7-25)23-4-10-30(40-17-23)33(38,39)31(49,19-47-20-42-43-44-47)27-9-5-24(34)16-28(27)35/h2-11,16-18,20-21,48-49H,12-15,19H2,1H3/t21-,31+/m1/s1. The number of hydrogen-bond acceptors (Lipinski definition) is 9. The fourth-order valence-electron chi connectivity index (χ4n) is 5.70. The van der Waals surface area contributed by atoms with E-state index >= 15 is 8.78 Å². The number of aliphatic hydroxyl groups excluding tert-OH is 1. The first-order valence-corrected chi connectivity index (χ1v) is 15.2. The van der Waals surface area contributed by atoms with Crippen LogP contribution in [0.5, 0.6) is 0 Å². The van der Waals surface area contributed by atoms with E-state index in [0.29, 0.717) is 49.1 Å². The fraction of sp³-hybridized carbons (Fsp3) is 0.303. The molecule has 0 amide bonds. The summed E-state index contributed by atoms with van der Waals surface area (Å²) in [6.07, 6.45) is 1.71. The number of nitrogens with zero attached hydrogens (tertiary/aromatic N) is 8. The summed E-state index contributed by atoms with van der Waals surface area (Å²) < 4.78 is 89.5. The smallest absolute Gasteiger partial charge is 0.323 e. The molecule has 4 heterocycles. The number of aromatic nitrogens is 6. The summed E-state index contributed by atoms with van der Waals surface area (Å²) in [6, 6.07) is 14.5. The van der Waals surface area contributed by atoms with Crippen molar-refractivity contribution in [3.8, 4) is 11.1 Å². The molecular formula is C33H30F6N8O2. The lowest BCUT2D eigenvalue weighted by molar-refractivity contribution is -0.207. The zero-order valence-corrected chi connectivity index (χ0v) is 25.9. The zero-order valence-electron chi connectivity index (χ0n) is 25.9. The van der Waals surface area contributed by atoms with Crippen LogP contribution in [-0.4, -0.2) is 72.7 Å². The number of anilines is 2. The molecule has 1 aliphatic heterocycles. The fourth-order valence-corrected chi connectivity index (χ4v) is 5.70. The van der Waals surface area contributed by atoms with Gasteiger partial charge in [-0.25, -0.2) is 13.5 Å². The molecule has 2 atom stereocenters. The van der Waals surface area contributed by atoms with Crippen molar-refractivity contribution >= 4 is 11.4 Å². The Hall–Kier alpha value is -5.09. The molecule has 0 unspecified atom stereocenters. The van der Waals surface area contributed by atoms with E-state index in [1.54, 1.807) is 6.07 Å². The average molecular weight is 685 g/mol. The van der Waals surface area contributed by atoms with Gasteiger partial charge in [-0.15, -0.1) is 5.10 Å². The average Bonchev–Trinajstić information content (AvgIpc) is 3.61. The molecule has 0 bridgehead atoms. The van der Waals surface area contributed by atoms with Gasteiger partial charge in [0.1, 0.15) is 35.5 Å². The van der Waals surface area contributed by atoms with Crippen molar-refractivity contribution < 1.29 is 36.6 Å². The molecular weight excluding hydrogens is 654 g/mol. The summed E-state index contributed by atoms with van der Waals surface area (Å²) >= 11 is 0. The van der Waals surface area contributed by atoms with Gasteiger partial charge in [0.05, 0.1) is 18.4 Å². The number of alkyl halides is 4. The van der Waals surface area contributed by atoms with Crippen LogP contribution in [0, 0.1) is 11.6 Å². The topological polar surface area (TPSA) is 116 Å². The number of halogens is 6. The van der Waals surface area contributed by atoms with Gasteiger partial charge in [0.25, 0.3) is 0 Å². The van der Waals surface area contributed by atoms with E-state index < -0.39 is 58.7 Å². The molecule has 3 aromatic heterocycles. The maximum Gasteiger partial charge on any atom is 0.323 e. The summed E-state index contributed by atoms with van der Waals surface area (Å²) in [5.74, 6) is -10.00. The minimum absolute atomic E-state index is 0.401. The van der Waals surface area contributed by atoms with Gasteiger partial charge >= 0.3 is 11.8 Å². The normalized spacial score (nSPS) is 16.0. The van der Waals surface area contributed by atoms with Crippen molar-refractivity contribution in [3.63, 3.8) is 0 Å². The lowest BCUT2D eigenvalue weighted by Crippen LogP contribution is -2.48. The summed E-state index contributed by atoms with van der Waals surface area (Å²) in [6.45, 7) is 2.55. The number of rotatable bonds is 10. The maximum absolute atomic E-state index is 16.1. The van der Waals surface area contributed by atoms with E-state index in [1.165, 1.54) is 24.5 Å². The molecule has 0 radical (unpaired) electrons. The largest absolute Gasteiger partial charge is 0.387 e. The Kier molecular flexibility index (Phi) is 9.02. The molecule has 0 saturated carbocycles. The monoisotopic (exact) mass is 684 g/mol. The first-order valence-electron chi connectivity index (χ1n) is 15.2. The molecule has 6 rings (SSSR count). The van der Waals surface area contributed by atoms with E-state index in [1.807, 2.05) is 29.2 Å². The molecule has 1 saturated heterocycles. The van der Waals surface area contributed by atoms with E-state index in [0.717, 1.165) is 41.8 Å². The van der Waals surface area contributed by atoms with Crippen molar-refractivity contribution in [2.75, 3.05) is 36.0 Å². The van der Waals surface area contributed by atoms with Crippen LogP contribution in [0.2, 0.25) is 0 Å². The molecule has 5 aromatic rings. The summed E-state index contributed by atoms with van der Waals surface area (Å²) in [4.78, 5) is 12.0. The quantitative estimate of drug-likeness (QED) is 0.199. The zero-order chi connectivity index (χ0) is 35.0. The number of piperazine rings is 1. The van der Waals surface area contributed by atoms with E-state index in [2.05, 4.69) is 30.4 Å². The second-order valence-corrected chi connectivity index (χ2v) is 11.7. The third kappa shape index (κ3) is 6.53. The van der Waals surface area contributed by atoms with Crippen LogP contribution in [0.4, 0.5) is 37.7 Å². The summed E-state index contributed by atoms with van der Waals surface area (Å²) in [7, 11) is 0. The molecule has 1 aliphatic rings. The highest BCUT2D eigenvalue weighted by Crippen LogP contribution is 2.47. The van der Waals surface area contributed by atoms with Crippen molar-refractivity contribution in [2.24, 2.45) is 0 Å². The highest BCUT2D eigenvalue weighted by molar-refractivity contribution is 5.66. The molecule has 10 nitrogen and oxygen atoms in total. The second-order valence-electron chi connectivity index (χ2n) is 11.7. The minimum atomic E-state index is -4.18. The van der Waals surface area contributed by atoms with E-state index in [-0.39, 0.29) is 0 Å². The van der Waals surface area contributed by atoms with Gasteiger partial charge in [-0.05, 0) is 65.4 Å². The van der Waals surface area contributed by atoms with Crippen molar-refractivity contribution in [1.29, 1.82) is 0 Å². The Bertz CT molecular complexity index is 1870. The van der Waals surface area contributed by atoms with Crippen LogP contribution in [-0.2, 0) is 24.0 Å². The van der Waals surface area contributed by atoms with Crippen molar-refractivity contribution in [2.45, 2.75) is 37.0 Å². The second kappa shape index (κ2) is 13.1. The summed E-state index contributed by atoms with van der Waals surface area (Å²) in [5.41, 5.74) is -2.66. The predicted octanol–water partition coefficient (Wildman–Crippen LogP) is 4.89. The SMILES string of the molecule is C[C@@H](O)C(F)(F)c1ccc(N2CCN(c3ccc(-c4ccc(C(F)(F)[C@](O)(Cn5cnnn5)c5ccc(F)cc5F)nc4)cc3)CC2)cn1. The van der Waals surface area contributed by atoms with Gasteiger partial charge in [-0.3, -0.25) is 9.97 Å². The Balaban J connectivity index is 1.14.